The summed E-state index contributed by atoms with van der Waals surface area (Å²) in [6, 6.07) is 21.0. The Hall–Kier alpha value is -3.41. The van der Waals surface area contributed by atoms with Crippen LogP contribution in [0, 0.1) is 17.1 Å². The minimum absolute atomic E-state index is 0.0664. The number of anilines is 1. The molecule has 0 N–H and O–H groups in total. The van der Waals surface area contributed by atoms with Crippen LogP contribution in [0.1, 0.15) is 65.9 Å². The van der Waals surface area contributed by atoms with E-state index in [0.29, 0.717) is 43.1 Å². The third kappa shape index (κ3) is 5.22. The fraction of sp³-hybridized carbons (Fsp3) is 0.375. The molecule has 1 aliphatic carbocycles. The second-order valence-corrected chi connectivity index (χ2v) is 14.0. The lowest BCUT2D eigenvalue weighted by molar-refractivity contribution is 0.0718. The number of sulfone groups is 1. The molecule has 3 aromatic carbocycles. The number of rotatable bonds is 5. The van der Waals surface area contributed by atoms with Gasteiger partial charge in [-0.25, -0.2) is 12.8 Å². The Morgan fingerprint density at radius 3 is 2.22 bits per heavy atom. The Kier molecular flexibility index (Phi) is 7.52. The van der Waals surface area contributed by atoms with Crippen LogP contribution in [0.2, 0.25) is 5.02 Å². The number of likely N-dealkylation sites (tertiary alicyclic amines) is 1. The highest BCUT2D eigenvalue weighted by atomic mass is 35.5. The molecule has 2 heterocycles. The minimum Gasteiger partial charge on any atom is -0.361 e. The first-order valence-corrected chi connectivity index (χ1v) is 16.0. The van der Waals surface area contributed by atoms with Gasteiger partial charge in [0.1, 0.15) is 11.9 Å². The quantitative estimate of drug-likeness (QED) is 0.346. The van der Waals surface area contributed by atoms with Gasteiger partial charge in [0, 0.05) is 25.2 Å². The summed E-state index contributed by atoms with van der Waals surface area (Å²) in [6.45, 7) is 0.822. The molecule has 41 heavy (non-hydrogen) atoms. The zero-order valence-corrected chi connectivity index (χ0v) is 24.1. The SMILES string of the molecule is N#Cc1ccc(S(=O)(=O)C2CCC(c3ccccc3)CC2)cc1N1[C@@H]2CC[C@H]1CN(C(=O)c1ccc(F)cc1Cl)C2. The summed E-state index contributed by atoms with van der Waals surface area (Å²) in [5.41, 5.74) is 2.56. The molecule has 212 valence electrons. The summed E-state index contributed by atoms with van der Waals surface area (Å²) >= 11 is 6.17. The summed E-state index contributed by atoms with van der Waals surface area (Å²) in [6.07, 6.45) is 4.50. The highest BCUT2D eigenvalue weighted by Gasteiger charge is 2.43. The highest BCUT2D eigenvalue weighted by Crippen LogP contribution is 2.41. The number of carbonyl (C=O) groups is 1. The lowest BCUT2D eigenvalue weighted by Gasteiger charge is -2.43. The summed E-state index contributed by atoms with van der Waals surface area (Å²) in [5, 5.41) is 9.55. The van der Waals surface area contributed by atoms with E-state index in [-0.39, 0.29) is 33.5 Å². The Morgan fingerprint density at radius 2 is 1.59 bits per heavy atom. The van der Waals surface area contributed by atoms with Crippen molar-refractivity contribution in [3.8, 4) is 6.07 Å². The molecule has 1 amide bonds. The van der Waals surface area contributed by atoms with Gasteiger partial charge >= 0.3 is 0 Å². The van der Waals surface area contributed by atoms with Gasteiger partial charge in [-0.05, 0) is 86.4 Å². The summed E-state index contributed by atoms with van der Waals surface area (Å²) in [5.74, 6) is -0.382. The molecule has 3 aliphatic rings. The van der Waals surface area contributed by atoms with Crippen LogP contribution >= 0.6 is 11.6 Å². The van der Waals surface area contributed by atoms with Crippen LogP contribution in [-0.2, 0) is 9.84 Å². The van der Waals surface area contributed by atoms with Crippen LogP contribution < -0.4 is 4.90 Å². The molecule has 3 aromatic rings. The summed E-state index contributed by atoms with van der Waals surface area (Å²) < 4.78 is 41.1. The largest absolute Gasteiger partial charge is 0.361 e. The van der Waals surface area contributed by atoms with Gasteiger partial charge in [-0.2, -0.15) is 5.26 Å². The number of fused-ring (bicyclic) bond motifs is 2. The van der Waals surface area contributed by atoms with Crippen molar-refractivity contribution in [3.63, 3.8) is 0 Å². The van der Waals surface area contributed by atoms with Crippen LogP contribution in [0.3, 0.4) is 0 Å². The number of hydrogen-bond donors (Lipinski definition) is 0. The van der Waals surface area contributed by atoms with Gasteiger partial charge in [-0.1, -0.05) is 41.9 Å². The summed E-state index contributed by atoms with van der Waals surface area (Å²) in [4.78, 5) is 17.4. The molecule has 1 saturated carbocycles. The van der Waals surface area contributed by atoms with E-state index in [1.54, 1.807) is 23.1 Å². The highest BCUT2D eigenvalue weighted by molar-refractivity contribution is 7.92. The number of benzene rings is 3. The molecule has 3 fully saturated rings. The van der Waals surface area contributed by atoms with Crippen LogP contribution in [0.25, 0.3) is 0 Å². The van der Waals surface area contributed by atoms with E-state index in [2.05, 4.69) is 23.1 Å². The number of nitrogens with zero attached hydrogens (tertiary/aromatic N) is 3. The lowest BCUT2D eigenvalue weighted by atomic mass is 9.84. The van der Waals surface area contributed by atoms with Gasteiger partial charge in [-0.3, -0.25) is 4.79 Å². The smallest absolute Gasteiger partial charge is 0.255 e. The minimum atomic E-state index is -3.58. The normalized spacial score (nSPS) is 24.2. The number of piperazine rings is 1. The number of amides is 1. The third-order valence-corrected chi connectivity index (χ3v) is 11.6. The number of halogens is 2. The van der Waals surface area contributed by atoms with Gasteiger partial charge in [0.15, 0.2) is 9.84 Å². The molecule has 0 spiro atoms. The first kappa shape index (κ1) is 27.7. The molecule has 0 unspecified atom stereocenters. The van der Waals surface area contributed by atoms with Gasteiger partial charge in [0.2, 0.25) is 0 Å². The maximum atomic E-state index is 13.8. The Labute approximate surface area is 245 Å². The van der Waals surface area contributed by atoms with E-state index >= 15 is 0 Å². The van der Waals surface area contributed by atoms with E-state index in [0.717, 1.165) is 31.7 Å². The molecule has 0 radical (unpaired) electrons. The molecule has 6 rings (SSSR count). The number of nitriles is 1. The van der Waals surface area contributed by atoms with Crippen molar-refractivity contribution in [2.45, 2.75) is 66.7 Å². The Morgan fingerprint density at radius 1 is 0.902 bits per heavy atom. The number of carbonyl (C=O) groups excluding carboxylic acids is 1. The van der Waals surface area contributed by atoms with E-state index in [4.69, 9.17) is 11.6 Å². The Balaban J connectivity index is 1.22. The van der Waals surface area contributed by atoms with Crippen molar-refractivity contribution in [1.29, 1.82) is 5.26 Å². The van der Waals surface area contributed by atoms with Crippen molar-refractivity contribution in [3.05, 3.63) is 94.3 Å². The van der Waals surface area contributed by atoms with E-state index in [9.17, 15) is 22.9 Å². The lowest BCUT2D eigenvalue weighted by Crippen LogP contribution is -2.55. The maximum Gasteiger partial charge on any atom is 0.255 e. The van der Waals surface area contributed by atoms with Crippen LogP contribution in [0.4, 0.5) is 10.1 Å². The van der Waals surface area contributed by atoms with Crippen molar-refractivity contribution in [1.82, 2.24) is 4.90 Å². The molecule has 2 bridgehead atoms. The zero-order valence-electron chi connectivity index (χ0n) is 22.5. The Bertz CT molecular complexity index is 1600. The van der Waals surface area contributed by atoms with Gasteiger partial charge in [-0.15, -0.1) is 0 Å². The number of hydrogen-bond acceptors (Lipinski definition) is 5. The second-order valence-electron chi connectivity index (χ2n) is 11.3. The van der Waals surface area contributed by atoms with Crippen LogP contribution in [0.5, 0.6) is 0 Å². The molecule has 2 atom stereocenters. The average molecular weight is 592 g/mol. The maximum absolute atomic E-state index is 13.8. The topological polar surface area (TPSA) is 81.5 Å². The molecule has 0 aromatic heterocycles. The average Bonchev–Trinajstić information content (AvgIpc) is 3.25. The van der Waals surface area contributed by atoms with Crippen molar-refractivity contribution in [2.24, 2.45) is 0 Å². The molecular formula is C32H31ClFN3O3S. The van der Waals surface area contributed by atoms with Crippen LogP contribution in [-0.4, -0.2) is 49.6 Å². The first-order chi connectivity index (χ1) is 19.8. The van der Waals surface area contributed by atoms with E-state index in [1.807, 2.05) is 18.2 Å². The fourth-order valence-corrected chi connectivity index (χ4v) is 8.98. The zero-order chi connectivity index (χ0) is 28.7. The van der Waals surface area contributed by atoms with Crippen molar-refractivity contribution < 1.29 is 17.6 Å². The summed E-state index contributed by atoms with van der Waals surface area (Å²) in [7, 11) is -3.58. The van der Waals surface area contributed by atoms with E-state index in [1.165, 1.54) is 17.7 Å². The van der Waals surface area contributed by atoms with E-state index < -0.39 is 20.9 Å². The predicted molar refractivity (Wildman–Crippen MR) is 156 cm³/mol. The first-order valence-electron chi connectivity index (χ1n) is 14.1. The van der Waals surface area contributed by atoms with Gasteiger partial charge < -0.3 is 9.80 Å². The standard InChI is InChI=1S/C32H31ClFN3O3S/c33-30-16-24(34)9-15-29(30)32(38)36-19-25-10-11-26(20-36)37(25)31-17-28(14-8-23(31)18-35)41(39,40)27-12-6-22(7-13-27)21-4-2-1-3-5-21/h1-5,8-9,14-17,22,25-27H,6-7,10-13,19-20H2/t22?,25-,26+,27?. The predicted octanol–water partition coefficient (Wildman–Crippen LogP) is 6.34. The molecule has 2 saturated heterocycles. The molecule has 2 aliphatic heterocycles. The van der Waals surface area contributed by atoms with Crippen molar-refractivity contribution >= 4 is 33.0 Å². The van der Waals surface area contributed by atoms with Crippen LogP contribution in [0.15, 0.2) is 71.6 Å². The molecule has 6 nitrogen and oxygen atoms in total. The monoisotopic (exact) mass is 591 g/mol. The molecular weight excluding hydrogens is 561 g/mol. The molecule has 9 heteroatoms. The van der Waals surface area contributed by atoms with Gasteiger partial charge in [0.25, 0.3) is 5.91 Å². The second kappa shape index (κ2) is 11.1. The van der Waals surface area contributed by atoms with Gasteiger partial charge in [0.05, 0.1) is 32.0 Å². The van der Waals surface area contributed by atoms with Crippen molar-refractivity contribution in [2.75, 3.05) is 18.0 Å². The fourth-order valence-electron chi connectivity index (χ4n) is 6.92. The third-order valence-electron chi connectivity index (χ3n) is 9.01.